The number of furan rings is 1. The third-order valence-corrected chi connectivity index (χ3v) is 13.3. The summed E-state index contributed by atoms with van der Waals surface area (Å²) < 4.78 is 7.20. The summed E-state index contributed by atoms with van der Waals surface area (Å²) in [5.74, 6) is 0. The molecule has 1 aromatic heterocycles. The van der Waals surface area contributed by atoms with Crippen LogP contribution in [-0.2, 0) is 21.7 Å². The van der Waals surface area contributed by atoms with Crippen molar-refractivity contribution in [2.24, 2.45) is 0 Å². The highest BCUT2D eigenvalue weighted by Gasteiger charge is 2.42. The molecule has 0 aliphatic heterocycles. The Bertz CT molecular complexity index is 2940. The van der Waals surface area contributed by atoms with E-state index >= 15 is 0 Å². The van der Waals surface area contributed by atoms with Gasteiger partial charge in [0.2, 0.25) is 0 Å². The Kier molecular flexibility index (Phi) is 7.75. The maximum atomic E-state index is 7.20. The van der Waals surface area contributed by atoms with E-state index in [4.69, 9.17) is 4.42 Å². The molecule has 58 heavy (non-hydrogen) atoms. The summed E-state index contributed by atoms with van der Waals surface area (Å²) in [6.07, 6.45) is 0. The quantitative estimate of drug-likeness (QED) is 0.178. The minimum absolute atomic E-state index is 0.0111. The molecule has 0 amide bonds. The van der Waals surface area contributed by atoms with Crippen LogP contribution in [0.3, 0.4) is 0 Å². The Labute approximate surface area is 344 Å². The highest BCUT2D eigenvalue weighted by atomic mass is 16.3. The van der Waals surface area contributed by atoms with E-state index in [1.54, 1.807) is 0 Å². The smallest absolute Gasteiger partial charge is 0.140 e. The van der Waals surface area contributed by atoms with Gasteiger partial charge >= 0.3 is 0 Å². The lowest BCUT2D eigenvalue weighted by molar-refractivity contribution is 0.556. The highest BCUT2D eigenvalue weighted by molar-refractivity contribution is 6.11. The molecule has 7 aromatic carbocycles. The number of nitrogens with zero attached hydrogens (tertiary/aromatic N) is 1. The Hall–Kier alpha value is -5.86. The van der Waals surface area contributed by atoms with Gasteiger partial charge in [-0.05, 0) is 103 Å². The first kappa shape index (κ1) is 36.5. The zero-order chi connectivity index (χ0) is 40.5. The number of hydrogen-bond acceptors (Lipinski definition) is 2. The van der Waals surface area contributed by atoms with Crippen LogP contribution in [0.4, 0.5) is 17.1 Å². The van der Waals surface area contributed by atoms with Gasteiger partial charge in [-0.15, -0.1) is 0 Å². The highest BCUT2D eigenvalue weighted by Crippen LogP contribution is 2.58. The van der Waals surface area contributed by atoms with E-state index in [1.165, 1.54) is 83.2 Å². The van der Waals surface area contributed by atoms with Crippen molar-refractivity contribution in [2.75, 3.05) is 4.90 Å². The molecule has 2 aliphatic carbocycles. The molecular weight excluding hydrogens is 703 g/mol. The fourth-order valence-electron chi connectivity index (χ4n) is 10.1. The van der Waals surface area contributed by atoms with Crippen LogP contribution in [0.2, 0.25) is 0 Å². The molecule has 8 aromatic rings. The third-order valence-electron chi connectivity index (χ3n) is 13.3. The predicted octanol–water partition coefficient (Wildman–Crippen LogP) is 15.9. The molecule has 288 valence electrons. The van der Waals surface area contributed by atoms with Gasteiger partial charge < -0.3 is 9.32 Å². The van der Waals surface area contributed by atoms with Crippen molar-refractivity contribution in [1.29, 1.82) is 0 Å². The van der Waals surface area contributed by atoms with Crippen LogP contribution in [0.25, 0.3) is 55.3 Å². The molecule has 2 heteroatoms. The summed E-state index contributed by atoms with van der Waals surface area (Å²) in [6.45, 7) is 23.3. The van der Waals surface area contributed by atoms with Gasteiger partial charge in [-0.1, -0.05) is 166 Å². The normalized spacial score (nSPS) is 15.0. The number of rotatable bonds is 4. The summed E-state index contributed by atoms with van der Waals surface area (Å²) in [6, 6.07) is 52.2. The van der Waals surface area contributed by atoms with Gasteiger partial charge in [0.15, 0.2) is 0 Å². The van der Waals surface area contributed by atoms with Crippen molar-refractivity contribution >= 4 is 39.0 Å². The Morgan fingerprint density at radius 2 is 1.10 bits per heavy atom. The van der Waals surface area contributed by atoms with Crippen LogP contribution in [0.5, 0.6) is 0 Å². The average Bonchev–Trinajstić information content (AvgIpc) is 3.77. The molecule has 0 unspecified atom stereocenters. The predicted molar refractivity (Wildman–Crippen MR) is 246 cm³/mol. The van der Waals surface area contributed by atoms with E-state index in [2.05, 4.69) is 214 Å². The van der Waals surface area contributed by atoms with Gasteiger partial charge in [-0.25, -0.2) is 0 Å². The van der Waals surface area contributed by atoms with Gasteiger partial charge in [-0.3, -0.25) is 0 Å². The lowest BCUT2D eigenvalue weighted by Crippen LogP contribution is -2.17. The number of anilines is 3. The standard InChI is InChI=1S/C56H53NO/c1-53(2,3)36-31-43-41-29-30-42-49-45(56(9,10)50(42)52(41)58-51(43)47(32-36)54(4,5)6)21-16-22-48(49)57(37-25-23-35(24-26-37)34-17-12-11-13-18-34)38-27-28-40-39-19-14-15-20-44(39)55(7,8)46(40)33-38/h11-33H,1-10H3. The second kappa shape index (κ2) is 12.3. The first-order valence-corrected chi connectivity index (χ1v) is 20.9. The van der Waals surface area contributed by atoms with Gasteiger partial charge in [-0.2, -0.15) is 0 Å². The van der Waals surface area contributed by atoms with Crippen LogP contribution < -0.4 is 4.90 Å². The molecule has 10 rings (SSSR count). The zero-order valence-electron chi connectivity index (χ0n) is 35.6. The first-order valence-electron chi connectivity index (χ1n) is 20.9. The third kappa shape index (κ3) is 5.30. The maximum absolute atomic E-state index is 7.20. The molecule has 2 nitrogen and oxygen atoms in total. The molecular formula is C56H53NO. The molecule has 0 bridgehead atoms. The minimum atomic E-state index is -0.298. The van der Waals surface area contributed by atoms with E-state index in [0.29, 0.717) is 0 Å². The van der Waals surface area contributed by atoms with Crippen molar-refractivity contribution in [2.45, 2.75) is 90.9 Å². The van der Waals surface area contributed by atoms with Crippen molar-refractivity contribution in [1.82, 2.24) is 0 Å². The zero-order valence-corrected chi connectivity index (χ0v) is 35.6. The maximum Gasteiger partial charge on any atom is 0.140 e. The van der Waals surface area contributed by atoms with Crippen LogP contribution >= 0.6 is 0 Å². The number of hydrogen-bond donors (Lipinski definition) is 0. The summed E-state index contributed by atoms with van der Waals surface area (Å²) in [4.78, 5) is 2.49. The fourth-order valence-corrected chi connectivity index (χ4v) is 10.1. The van der Waals surface area contributed by atoms with Gasteiger partial charge in [0.25, 0.3) is 0 Å². The molecule has 0 atom stereocenters. The lowest BCUT2D eigenvalue weighted by atomic mass is 9.79. The van der Waals surface area contributed by atoms with Gasteiger partial charge in [0.1, 0.15) is 11.2 Å². The largest absolute Gasteiger partial charge is 0.455 e. The Morgan fingerprint density at radius 1 is 0.466 bits per heavy atom. The minimum Gasteiger partial charge on any atom is -0.455 e. The van der Waals surface area contributed by atoms with E-state index in [0.717, 1.165) is 22.5 Å². The van der Waals surface area contributed by atoms with Crippen molar-refractivity contribution in [3.8, 4) is 33.4 Å². The first-order chi connectivity index (χ1) is 27.5. The SMILES string of the molecule is CC(C)(C)c1cc(C(C)(C)C)c2oc3c4c(ccc3c2c1)-c1c(N(c2ccc(-c3ccccc3)cc2)c2ccc3c(c2)C(C)(C)c2ccccc2-3)cccc1C4(C)C. The second-order valence-electron chi connectivity index (χ2n) is 19.8. The molecule has 0 fully saturated rings. The van der Waals surface area contributed by atoms with Crippen molar-refractivity contribution in [3.63, 3.8) is 0 Å². The second-order valence-corrected chi connectivity index (χ2v) is 19.8. The number of fused-ring (bicyclic) bond motifs is 10. The molecule has 2 aliphatic rings. The van der Waals surface area contributed by atoms with Crippen LogP contribution in [0.1, 0.15) is 103 Å². The monoisotopic (exact) mass is 755 g/mol. The van der Waals surface area contributed by atoms with E-state index in [-0.39, 0.29) is 21.7 Å². The Balaban J connectivity index is 1.21. The summed E-state index contributed by atoms with van der Waals surface area (Å²) >= 11 is 0. The van der Waals surface area contributed by atoms with E-state index in [9.17, 15) is 0 Å². The van der Waals surface area contributed by atoms with Gasteiger partial charge in [0, 0.05) is 49.7 Å². The summed E-state index contributed by atoms with van der Waals surface area (Å²) in [5.41, 5.74) is 20.5. The topological polar surface area (TPSA) is 16.4 Å². The summed E-state index contributed by atoms with van der Waals surface area (Å²) in [5, 5.41) is 2.41. The van der Waals surface area contributed by atoms with Crippen LogP contribution in [0.15, 0.2) is 144 Å². The van der Waals surface area contributed by atoms with Crippen molar-refractivity contribution in [3.05, 3.63) is 173 Å². The molecule has 1 heterocycles. The van der Waals surface area contributed by atoms with E-state index in [1.807, 2.05) is 0 Å². The van der Waals surface area contributed by atoms with Gasteiger partial charge in [0.05, 0.1) is 5.69 Å². The van der Waals surface area contributed by atoms with Crippen LogP contribution in [-0.4, -0.2) is 0 Å². The molecule has 0 saturated heterocycles. The fraction of sp³-hybridized carbons (Fsp3) is 0.250. The molecule has 0 spiro atoms. The molecule has 0 radical (unpaired) electrons. The molecule has 0 N–H and O–H groups in total. The molecule has 0 saturated carbocycles. The van der Waals surface area contributed by atoms with E-state index < -0.39 is 0 Å². The van der Waals surface area contributed by atoms with Crippen LogP contribution in [0, 0.1) is 0 Å². The Morgan fingerprint density at radius 3 is 1.83 bits per heavy atom. The number of benzene rings is 7. The average molecular weight is 756 g/mol. The lowest BCUT2D eigenvalue weighted by Gasteiger charge is -2.30. The summed E-state index contributed by atoms with van der Waals surface area (Å²) in [7, 11) is 0. The van der Waals surface area contributed by atoms with Crippen molar-refractivity contribution < 1.29 is 4.42 Å².